The molecular formula is C25H25N7O3. The molecule has 10 nitrogen and oxygen atoms in total. The molecule has 0 amide bonds. The van der Waals surface area contributed by atoms with E-state index in [0.29, 0.717) is 25.1 Å². The number of hydrogen-bond donors (Lipinski definition) is 3. The third-order valence-electron chi connectivity index (χ3n) is 6.85. The number of furan rings is 1. The van der Waals surface area contributed by atoms with E-state index < -0.39 is 16.8 Å². The molecule has 1 aromatic carbocycles. The Labute approximate surface area is 200 Å². The van der Waals surface area contributed by atoms with Crippen LogP contribution in [0.4, 0.5) is 0 Å². The zero-order valence-corrected chi connectivity index (χ0v) is 19.5. The number of benzene rings is 1. The Morgan fingerprint density at radius 3 is 2.97 bits per heavy atom. The lowest BCUT2D eigenvalue weighted by Crippen LogP contribution is -2.69. The summed E-state index contributed by atoms with van der Waals surface area (Å²) in [6.45, 7) is 4.80. The van der Waals surface area contributed by atoms with Gasteiger partial charge < -0.3 is 14.4 Å². The standard InChI is InChI=1S/C25H25N7O3/c1-3-4-11-29-25(2)10-7-12-31(32-23(33)21-22(28-15-27-21)30-24(32)34)20(25)13-17-16-8-5-6-9-18(16)35-19(17)14-26/h5-6,8-9,15,20,29H,7,10-13H2,1-2H3,(H,27,28)(H,30,34). The van der Waals surface area contributed by atoms with E-state index in [-0.39, 0.29) is 23.0 Å². The first-order chi connectivity index (χ1) is 17.0. The van der Waals surface area contributed by atoms with Gasteiger partial charge in [0.15, 0.2) is 11.2 Å². The molecule has 10 heteroatoms. The lowest BCUT2D eigenvalue weighted by molar-refractivity contribution is 0.199. The van der Waals surface area contributed by atoms with Crippen molar-refractivity contribution in [2.45, 2.75) is 44.7 Å². The van der Waals surface area contributed by atoms with Gasteiger partial charge in [-0.05, 0) is 32.8 Å². The quantitative estimate of drug-likeness (QED) is 0.377. The molecule has 3 N–H and O–H groups in total. The van der Waals surface area contributed by atoms with Crippen LogP contribution in [0.15, 0.2) is 44.6 Å². The van der Waals surface area contributed by atoms with Crippen LogP contribution in [0, 0.1) is 23.2 Å². The molecule has 0 radical (unpaired) electrons. The van der Waals surface area contributed by atoms with Gasteiger partial charge in [-0.3, -0.25) is 15.1 Å². The number of H-pyrrole nitrogens is 2. The molecule has 2 unspecified atom stereocenters. The first kappa shape index (κ1) is 22.5. The van der Waals surface area contributed by atoms with Crippen molar-refractivity contribution in [3.63, 3.8) is 0 Å². The van der Waals surface area contributed by atoms with Gasteiger partial charge >= 0.3 is 11.2 Å². The smallest absolute Gasteiger partial charge is 0.349 e. The molecule has 1 aliphatic heterocycles. The van der Waals surface area contributed by atoms with Gasteiger partial charge in [0.1, 0.15) is 11.7 Å². The lowest BCUT2D eigenvalue weighted by Gasteiger charge is -2.49. The van der Waals surface area contributed by atoms with Gasteiger partial charge in [-0.2, -0.15) is 9.94 Å². The molecule has 1 saturated heterocycles. The van der Waals surface area contributed by atoms with E-state index in [1.54, 1.807) is 11.9 Å². The second kappa shape index (κ2) is 8.82. The highest BCUT2D eigenvalue weighted by molar-refractivity contribution is 5.83. The van der Waals surface area contributed by atoms with E-state index >= 15 is 0 Å². The van der Waals surface area contributed by atoms with Crippen molar-refractivity contribution in [2.75, 3.05) is 18.1 Å². The predicted molar refractivity (Wildman–Crippen MR) is 132 cm³/mol. The molecule has 178 valence electrons. The number of nitriles is 1. The van der Waals surface area contributed by atoms with Crippen molar-refractivity contribution in [3.8, 4) is 17.9 Å². The summed E-state index contributed by atoms with van der Waals surface area (Å²) < 4.78 is 6.98. The van der Waals surface area contributed by atoms with E-state index in [9.17, 15) is 14.9 Å². The van der Waals surface area contributed by atoms with Crippen LogP contribution in [0.25, 0.3) is 22.1 Å². The van der Waals surface area contributed by atoms with Crippen LogP contribution in [0.3, 0.4) is 0 Å². The fourth-order valence-electron chi connectivity index (χ4n) is 5.09. The van der Waals surface area contributed by atoms with Crippen LogP contribution in [0.5, 0.6) is 0 Å². The van der Waals surface area contributed by atoms with Gasteiger partial charge in [0, 0.05) is 29.5 Å². The average Bonchev–Trinajstić information content (AvgIpc) is 3.46. The Bertz CT molecular complexity index is 1620. The number of nitrogens with one attached hydrogen (secondary N) is 3. The maximum absolute atomic E-state index is 13.4. The molecular weight excluding hydrogens is 446 g/mol. The number of para-hydroxylation sites is 1. The zero-order chi connectivity index (χ0) is 24.6. The summed E-state index contributed by atoms with van der Waals surface area (Å²) in [7, 11) is 0. The molecule has 2 atom stereocenters. The summed E-state index contributed by atoms with van der Waals surface area (Å²) >= 11 is 0. The average molecular weight is 472 g/mol. The first-order valence-corrected chi connectivity index (χ1v) is 11.5. The van der Waals surface area contributed by atoms with E-state index in [4.69, 9.17) is 4.42 Å². The Morgan fingerprint density at radius 1 is 1.34 bits per heavy atom. The first-order valence-electron chi connectivity index (χ1n) is 11.5. The van der Waals surface area contributed by atoms with Gasteiger partial charge in [-0.25, -0.2) is 9.78 Å². The van der Waals surface area contributed by atoms with Crippen LogP contribution in [-0.2, 0) is 6.42 Å². The van der Waals surface area contributed by atoms with E-state index in [0.717, 1.165) is 28.5 Å². The molecule has 1 fully saturated rings. The van der Waals surface area contributed by atoms with Crippen LogP contribution in [0.2, 0.25) is 0 Å². The van der Waals surface area contributed by atoms with Crippen LogP contribution in [0.1, 0.15) is 38.0 Å². The van der Waals surface area contributed by atoms with E-state index in [1.807, 2.05) is 24.3 Å². The van der Waals surface area contributed by atoms with E-state index in [2.05, 4.69) is 45.1 Å². The van der Waals surface area contributed by atoms with Crippen molar-refractivity contribution >= 4 is 22.1 Å². The minimum Gasteiger partial charge on any atom is -0.445 e. The second-order valence-electron chi connectivity index (χ2n) is 8.88. The summed E-state index contributed by atoms with van der Waals surface area (Å²) in [5.74, 6) is 6.18. The van der Waals surface area contributed by atoms with Crippen LogP contribution < -0.4 is 21.6 Å². The molecule has 0 bridgehead atoms. The highest BCUT2D eigenvalue weighted by Crippen LogP contribution is 2.33. The third kappa shape index (κ3) is 3.78. The van der Waals surface area contributed by atoms with Crippen molar-refractivity contribution in [1.82, 2.24) is 24.9 Å². The molecule has 3 aromatic heterocycles. The number of aromatic amines is 2. The van der Waals surface area contributed by atoms with Crippen molar-refractivity contribution < 1.29 is 4.42 Å². The number of fused-ring (bicyclic) bond motifs is 2. The number of imidazole rings is 1. The summed E-state index contributed by atoms with van der Waals surface area (Å²) in [6.07, 6.45) is 3.32. The van der Waals surface area contributed by atoms with Gasteiger partial charge in [0.2, 0.25) is 5.76 Å². The summed E-state index contributed by atoms with van der Waals surface area (Å²) in [4.78, 5) is 36.0. The summed E-state index contributed by atoms with van der Waals surface area (Å²) in [5.41, 5.74) is 0.283. The Morgan fingerprint density at radius 2 is 2.17 bits per heavy atom. The molecule has 1 aliphatic rings. The number of piperidine rings is 1. The van der Waals surface area contributed by atoms with Crippen molar-refractivity contribution in [2.24, 2.45) is 0 Å². The summed E-state index contributed by atoms with van der Waals surface area (Å²) in [6, 6.07) is 9.32. The van der Waals surface area contributed by atoms with Gasteiger partial charge in [0.25, 0.3) is 0 Å². The highest BCUT2D eigenvalue weighted by Gasteiger charge is 2.43. The maximum atomic E-state index is 13.4. The number of hydrogen-bond acceptors (Lipinski definition) is 7. The predicted octanol–water partition coefficient (Wildman–Crippen LogP) is 1.75. The molecule has 0 aliphatic carbocycles. The Balaban J connectivity index is 1.67. The lowest BCUT2D eigenvalue weighted by atomic mass is 9.79. The molecule has 4 aromatic rings. The molecule has 4 heterocycles. The number of aromatic nitrogens is 4. The summed E-state index contributed by atoms with van der Waals surface area (Å²) in [5, 5.41) is 16.0. The highest BCUT2D eigenvalue weighted by atomic mass is 16.3. The van der Waals surface area contributed by atoms with Gasteiger partial charge in [0.05, 0.1) is 18.9 Å². The largest absolute Gasteiger partial charge is 0.445 e. The Kier molecular flexibility index (Phi) is 5.67. The molecule has 0 spiro atoms. The minimum absolute atomic E-state index is 0.219. The minimum atomic E-state index is -0.560. The van der Waals surface area contributed by atoms with Gasteiger partial charge in [-0.15, -0.1) is 5.92 Å². The fraction of sp³-hybridized carbons (Fsp3) is 0.360. The molecule has 0 saturated carbocycles. The Hall–Kier alpha value is -4.28. The fourth-order valence-corrected chi connectivity index (χ4v) is 5.09. The number of rotatable bonds is 5. The monoisotopic (exact) mass is 471 g/mol. The number of nitrogens with zero attached hydrogens (tertiary/aromatic N) is 4. The topological polar surface area (TPSA) is 136 Å². The third-order valence-corrected chi connectivity index (χ3v) is 6.85. The van der Waals surface area contributed by atoms with Crippen molar-refractivity contribution in [1.29, 1.82) is 5.26 Å². The molecule has 5 rings (SSSR count). The normalized spacial score (nSPS) is 20.0. The maximum Gasteiger partial charge on any atom is 0.349 e. The van der Waals surface area contributed by atoms with Crippen LogP contribution in [-0.4, -0.2) is 44.3 Å². The second-order valence-corrected chi connectivity index (χ2v) is 8.88. The van der Waals surface area contributed by atoms with Crippen molar-refractivity contribution in [3.05, 3.63) is 62.8 Å². The zero-order valence-electron chi connectivity index (χ0n) is 19.5. The molecule has 35 heavy (non-hydrogen) atoms. The van der Waals surface area contributed by atoms with Gasteiger partial charge in [-0.1, -0.05) is 24.1 Å². The SMILES string of the molecule is CC#CCNC1(C)CCCN(n2c(=O)[nH]c3nc[nH]c3c2=O)C1Cc1c(C#N)oc2ccccc12. The van der Waals surface area contributed by atoms with E-state index in [1.165, 1.54) is 6.33 Å². The van der Waals surface area contributed by atoms with Crippen LogP contribution >= 0.6 is 0 Å².